The van der Waals surface area contributed by atoms with Gasteiger partial charge in [-0.1, -0.05) is 23.7 Å². The van der Waals surface area contributed by atoms with Gasteiger partial charge < -0.3 is 9.80 Å². The number of rotatable bonds is 4. The van der Waals surface area contributed by atoms with Crippen LogP contribution in [0.4, 0.5) is 5.69 Å². The SMILES string of the molecule is O=C([C@H]1CCCN(S(=O)(=O)c2cccc3nonc23)C1)N1CCN(c2cccc(Cl)c2)CC1. The lowest BCUT2D eigenvalue weighted by Crippen LogP contribution is -2.53. The van der Waals surface area contributed by atoms with Gasteiger partial charge in [0.05, 0.1) is 5.92 Å². The summed E-state index contributed by atoms with van der Waals surface area (Å²) in [5, 5.41) is 8.19. The first-order chi connectivity index (χ1) is 15.9. The van der Waals surface area contributed by atoms with Crippen LogP contribution in [0.5, 0.6) is 0 Å². The summed E-state index contributed by atoms with van der Waals surface area (Å²) < 4.78 is 32.8. The smallest absolute Gasteiger partial charge is 0.245 e. The normalized spacial score (nSPS) is 20.3. The molecule has 0 aliphatic carbocycles. The minimum absolute atomic E-state index is 0.0157. The molecule has 0 spiro atoms. The molecule has 5 rings (SSSR count). The fraction of sp³-hybridized carbons (Fsp3) is 0.409. The summed E-state index contributed by atoms with van der Waals surface area (Å²) in [7, 11) is -3.83. The molecule has 1 aromatic heterocycles. The fourth-order valence-corrected chi connectivity index (χ4v) is 6.45. The summed E-state index contributed by atoms with van der Waals surface area (Å²) in [5.41, 5.74) is 1.64. The number of hydrogen-bond donors (Lipinski definition) is 0. The van der Waals surface area contributed by atoms with Gasteiger partial charge in [0.2, 0.25) is 15.9 Å². The van der Waals surface area contributed by atoms with E-state index in [1.807, 2.05) is 29.2 Å². The number of nitrogens with zero attached hydrogens (tertiary/aromatic N) is 5. The van der Waals surface area contributed by atoms with E-state index >= 15 is 0 Å². The molecule has 0 bridgehead atoms. The molecule has 11 heteroatoms. The van der Waals surface area contributed by atoms with Gasteiger partial charge in [0.1, 0.15) is 10.4 Å². The lowest BCUT2D eigenvalue weighted by molar-refractivity contribution is -0.137. The summed E-state index contributed by atoms with van der Waals surface area (Å²) >= 11 is 6.11. The van der Waals surface area contributed by atoms with Gasteiger partial charge in [0, 0.05) is 50.0 Å². The van der Waals surface area contributed by atoms with Crippen LogP contribution in [0.15, 0.2) is 52.0 Å². The lowest BCUT2D eigenvalue weighted by Gasteiger charge is -2.39. The summed E-state index contributed by atoms with van der Waals surface area (Å²) in [6.07, 6.45) is 1.31. The quantitative estimate of drug-likeness (QED) is 0.555. The number of sulfonamides is 1. The van der Waals surface area contributed by atoms with Gasteiger partial charge in [0.15, 0.2) is 5.52 Å². The van der Waals surface area contributed by atoms with E-state index in [-0.39, 0.29) is 28.8 Å². The van der Waals surface area contributed by atoms with Gasteiger partial charge in [0.25, 0.3) is 0 Å². The molecular formula is C22H24ClN5O4S. The van der Waals surface area contributed by atoms with Gasteiger partial charge in [-0.25, -0.2) is 13.0 Å². The number of carbonyl (C=O) groups is 1. The van der Waals surface area contributed by atoms with Crippen molar-refractivity contribution in [3.05, 3.63) is 47.5 Å². The molecule has 33 heavy (non-hydrogen) atoms. The maximum Gasteiger partial charge on any atom is 0.245 e. The van der Waals surface area contributed by atoms with Crippen molar-refractivity contribution in [2.45, 2.75) is 17.7 Å². The standard InChI is InChI=1S/C22H24ClN5O4S/c23-17-5-1-6-18(14-17)26-10-12-27(13-11-26)22(29)16-4-3-9-28(15-16)33(30,31)20-8-2-7-19-21(20)25-32-24-19/h1-2,5-8,14,16H,3-4,9-13,15H2/t16-/m0/s1. The zero-order chi connectivity index (χ0) is 23.0. The second kappa shape index (κ2) is 8.92. The van der Waals surface area contributed by atoms with Crippen molar-refractivity contribution >= 4 is 44.3 Å². The van der Waals surface area contributed by atoms with Gasteiger partial charge in [-0.3, -0.25) is 4.79 Å². The van der Waals surface area contributed by atoms with E-state index < -0.39 is 10.0 Å². The molecule has 1 atom stereocenters. The number of fused-ring (bicyclic) bond motifs is 1. The Balaban J connectivity index is 1.26. The molecule has 0 N–H and O–H groups in total. The highest BCUT2D eigenvalue weighted by atomic mass is 35.5. The molecule has 3 heterocycles. The Labute approximate surface area is 196 Å². The van der Waals surface area contributed by atoms with Crippen molar-refractivity contribution in [3.63, 3.8) is 0 Å². The van der Waals surface area contributed by atoms with Crippen LogP contribution >= 0.6 is 11.6 Å². The van der Waals surface area contributed by atoms with Crippen molar-refractivity contribution in [2.75, 3.05) is 44.2 Å². The van der Waals surface area contributed by atoms with Crippen LogP contribution in [-0.4, -0.2) is 73.1 Å². The Bertz CT molecular complexity index is 1270. The van der Waals surface area contributed by atoms with Gasteiger partial charge in [-0.2, -0.15) is 4.31 Å². The number of anilines is 1. The highest BCUT2D eigenvalue weighted by molar-refractivity contribution is 7.89. The van der Waals surface area contributed by atoms with E-state index in [9.17, 15) is 13.2 Å². The number of piperidine rings is 1. The molecule has 0 unspecified atom stereocenters. The molecule has 0 radical (unpaired) electrons. The van der Waals surface area contributed by atoms with Crippen LogP contribution in [0.3, 0.4) is 0 Å². The van der Waals surface area contributed by atoms with Crippen molar-refractivity contribution < 1.29 is 17.8 Å². The van der Waals surface area contributed by atoms with E-state index in [0.717, 1.165) is 5.69 Å². The van der Waals surface area contributed by atoms with Crippen molar-refractivity contribution in [1.29, 1.82) is 0 Å². The minimum atomic E-state index is -3.83. The number of halogens is 1. The van der Waals surface area contributed by atoms with Crippen molar-refractivity contribution in [3.8, 4) is 0 Å². The number of piperazine rings is 1. The Morgan fingerprint density at radius 2 is 1.82 bits per heavy atom. The van der Waals surface area contributed by atoms with Gasteiger partial charge in [-0.15, -0.1) is 0 Å². The van der Waals surface area contributed by atoms with Crippen molar-refractivity contribution in [1.82, 2.24) is 19.5 Å². The number of benzene rings is 2. The van der Waals surface area contributed by atoms with E-state index in [2.05, 4.69) is 15.2 Å². The zero-order valence-electron chi connectivity index (χ0n) is 17.9. The summed E-state index contributed by atoms with van der Waals surface area (Å²) in [4.78, 5) is 17.4. The molecular weight excluding hydrogens is 466 g/mol. The number of amides is 1. The predicted octanol–water partition coefficient (Wildman–Crippen LogP) is 2.63. The average Bonchev–Trinajstić information content (AvgIpc) is 3.33. The monoisotopic (exact) mass is 489 g/mol. The first-order valence-corrected chi connectivity index (χ1v) is 12.8. The number of carbonyl (C=O) groups excluding carboxylic acids is 1. The number of hydrogen-bond acceptors (Lipinski definition) is 7. The Kier molecular flexibility index (Phi) is 5.98. The Morgan fingerprint density at radius 1 is 1.03 bits per heavy atom. The van der Waals surface area contributed by atoms with E-state index in [1.54, 1.807) is 12.1 Å². The number of aromatic nitrogens is 2. The first kappa shape index (κ1) is 22.1. The topological polar surface area (TPSA) is 99.8 Å². The predicted molar refractivity (Wildman–Crippen MR) is 124 cm³/mol. The third kappa shape index (κ3) is 4.30. The molecule has 2 aliphatic rings. The second-order valence-electron chi connectivity index (χ2n) is 8.38. The Hall–Kier alpha value is -2.69. The highest BCUT2D eigenvalue weighted by Gasteiger charge is 2.37. The summed E-state index contributed by atoms with van der Waals surface area (Å²) in [5.74, 6) is -0.345. The highest BCUT2D eigenvalue weighted by Crippen LogP contribution is 2.29. The maximum atomic E-state index is 13.3. The van der Waals surface area contributed by atoms with Crippen LogP contribution in [0.1, 0.15) is 12.8 Å². The first-order valence-electron chi connectivity index (χ1n) is 10.9. The van der Waals surface area contributed by atoms with Crippen LogP contribution in [0.25, 0.3) is 11.0 Å². The molecule has 9 nitrogen and oxygen atoms in total. The Morgan fingerprint density at radius 3 is 2.61 bits per heavy atom. The zero-order valence-corrected chi connectivity index (χ0v) is 19.5. The molecule has 2 fully saturated rings. The van der Waals surface area contributed by atoms with Crippen LogP contribution in [0, 0.1) is 5.92 Å². The van der Waals surface area contributed by atoms with Crippen molar-refractivity contribution in [2.24, 2.45) is 5.92 Å². The molecule has 2 aromatic carbocycles. The largest absolute Gasteiger partial charge is 0.368 e. The van der Waals surface area contributed by atoms with Gasteiger partial charge >= 0.3 is 0 Å². The lowest BCUT2D eigenvalue weighted by atomic mass is 9.97. The third-order valence-corrected chi connectivity index (χ3v) is 8.50. The van der Waals surface area contributed by atoms with Gasteiger partial charge in [-0.05, 0) is 53.5 Å². The second-order valence-corrected chi connectivity index (χ2v) is 10.7. The van der Waals surface area contributed by atoms with E-state index in [4.69, 9.17) is 16.2 Å². The van der Waals surface area contributed by atoms with E-state index in [1.165, 1.54) is 10.4 Å². The molecule has 3 aromatic rings. The van der Waals surface area contributed by atoms with E-state index in [0.29, 0.717) is 56.1 Å². The fourth-order valence-electron chi connectivity index (χ4n) is 4.61. The molecule has 2 aliphatic heterocycles. The molecule has 1 amide bonds. The average molecular weight is 490 g/mol. The molecule has 174 valence electrons. The molecule has 2 saturated heterocycles. The summed E-state index contributed by atoms with van der Waals surface area (Å²) in [6, 6.07) is 12.5. The third-order valence-electron chi connectivity index (χ3n) is 6.36. The van der Waals surface area contributed by atoms with Crippen LogP contribution in [-0.2, 0) is 14.8 Å². The van der Waals surface area contributed by atoms with Crippen LogP contribution < -0.4 is 4.90 Å². The maximum absolute atomic E-state index is 13.3. The summed E-state index contributed by atoms with van der Waals surface area (Å²) in [6.45, 7) is 3.15. The minimum Gasteiger partial charge on any atom is -0.368 e. The van der Waals surface area contributed by atoms with Crippen LogP contribution in [0.2, 0.25) is 5.02 Å². The molecule has 0 saturated carbocycles.